The highest BCUT2D eigenvalue weighted by Crippen LogP contribution is 2.12. The van der Waals surface area contributed by atoms with Crippen molar-refractivity contribution in [2.75, 3.05) is 6.54 Å². The van der Waals surface area contributed by atoms with Gasteiger partial charge in [-0.2, -0.15) is 5.48 Å². The van der Waals surface area contributed by atoms with Crippen molar-refractivity contribution in [1.82, 2.24) is 5.48 Å². The molecular formula is C8H13NO3. The molecule has 0 bridgehead atoms. The topological polar surface area (TPSA) is 47.6 Å². The monoisotopic (exact) mass is 171 g/mol. The molecule has 0 atom stereocenters. The van der Waals surface area contributed by atoms with Crippen molar-refractivity contribution < 1.29 is 14.4 Å². The summed E-state index contributed by atoms with van der Waals surface area (Å²) in [7, 11) is 0. The summed E-state index contributed by atoms with van der Waals surface area (Å²) in [5.74, 6) is -0.183. The number of hydrogen-bond donors (Lipinski definition) is 1. The van der Waals surface area contributed by atoms with Gasteiger partial charge in [-0.15, -0.1) is 0 Å². The van der Waals surface area contributed by atoms with Crippen molar-refractivity contribution in [1.29, 1.82) is 0 Å². The fourth-order valence-corrected chi connectivity index (χ4v) is 0.749. The molecule has 12 heavy (non-hydrogen) atoms. The average Bonchev–Trinajstić information content (AvgIpc) is 2.32. The van der Waals surface area contributed by atoms with E-state index >= 15 is 0 Å². The van der Waals surface area contributed by atoms with E-state index < -0.39 is 11.6 Å². The second-order valence-electron chi connectivity index (χ2n) is 3.52. The normalized spacial score (nSPS) is 16.8. The molecular weight excluding hydrogens is 158 g/mol. The molecule has 0 amide bonds. The van der Waals surface area contributed by atoms with Crippen molar-refractivity contribution in [2.45, 2.75) is 26.4 Å². The van der Waals surface area contributed by atoms with Gasteiger partial charge in [-0.3, -0.25) is 0 Å². The van der Waals surface area contributed by atoms with Gasteiger partial charge in [0.1, 0.15) is 5.60 Å². The molecule has 0 aromatic heterocycles. The molecule has 1 heterocycles. The maximum absolute atomic E-state index is 11.2. The minimum Gasteiger partial charge on any atom is -0.454 e. The van der Waals surface area contributed by atoms with Gasteiger partial charge in [0, 0.05) is 0 Å². The molecule has 4 nitrogen and oxygen atoms in total. The zero-order valence-electron chi connectivity index (χ0n) is 7.51. The standard InChI is InChI=1S/C8H13NO3/c1-8(2,3)11-7(10)6-4-5-9-12-6/h4,9H,5H2,1-3H3. The molecule has 0 spiro atoms. The van der Waals surface area contributed by atoms with Gasteiger partial charge in [0.25, 0.3) is 0 Å². The minimum atomic E-state index is -0.468. The Balaban J connectivity index is 2.49. The molecule has 0 aromatic carbocycles. The van der Waals surface area contributed by atoms with Crippen molar-refractivity contribution >= 4 is 5.97 Å². The van der Waals surface area contributed by atoms with Crippen LogP contribution in [-0.4, -0.2) is 18.1 Å². The third-order valence-corrected chi connectivity index (χ3v) is 1.15. The van der Waals surface area contributed by atoms with E-state index in [-0.39, 0.29) is 5.76 Å². The largest absolute Gasteiger partial charge is 0.454 e. The van der Waals surface area contributed by atoms with Gasteiger partial charge in [-0.05, 0) is 26.8 Å². The number of nitrogens with one attached hydrogen (secondary N) is 1. The van der Waals surface area contributed by atoms with Crippen molar-refractivity contribution in [2.24, 2.45) is 0 Å². The molecule has 68 valence electrons. The third-order valence-electron chi connectivity index (χ3n) is 1.15. The van der Waals surface area contributed by atoms with Crippen molar-refractivity contribution in [3.05, 3.63) is 11.8 Å². The maximum atomic E-state index is 11.2. The quantitative estimate of drug-likeness (QED) is 0.591. The Kier molecular flexibility index (Phi) is 2.38. The molecule has 0 saturated heterocycles. The zero-order valence-corrected chi connectivity index (χ0v) is 7.51. The lowest BCUT2D eigenvalue weighted by atomic mass is 10.2. The number of carbonyl (C=O) groups is 1. The van der Waals surface area contributed by atoms with Crippen LogP contribution in [0.25, 0.3) is 0 Å². The van der Waals surface area contributed by atoms with Crippen LogP contribution in [0.5, 0.6) is 0 Å². The van der Waals surface area contributed by atoms with Crippen molar-refractivity contribution in [3.63, 3.8) is 0 Å². The van der Waals surface area contributed by atoms with E-state index in [1.165, 1.54) is 0 Å². The molecule has 0 saturated carbocycles. The minimum absolute atomic E-state index is 0.241. The zero-order chi connectivity index (χ0) is 9.19. The average molecular weight is 171 g/mol. The Hall–Kier alpha value is -1.03. The van der Waals surface area contributed by atoms with E-state index in [1.54, 1.807) is 6.08 Å². The molecule has 4 heteroatoms. The summed E-state index contributed by atoms with van der Waals surface area (Å²) in [6.45, 7) is 5.99. The summed E-state index contributed by atoms with van der Waals surface area (Å²) in [5, 5.41) is 0. The molecule has 0 radical (unpaired) electrons. The lowest BCUT2D eigenvalue weighted by Crippen LogP contribution is -2.25. The molecule has 0 aliphatic carbocycles. The highest BCUT2D eigenvalue weighted by Gasteiger charge is 2.22. The van der Waals surface area contributed by atoms with E-state index in [0.717, 1.165) is 0 Å². The fraction of sp³-hybridized carbons (Fsp3) is 0.625. The van der Waals surface area contributed by atoms with Crippen LogP contribution in [0.1, 0.15) is 20.8 Å². The van der Waals surface area contributed by atoms with Crippen molar-refractivity contribution in [3.8, 4) is 0 Å². The Morgan fingerprint density at radius 3 is 2.75 bits per heavy atom. The highest BCUT2D eigenvalue weighted by atomic mass is 16.7. The van der Waals surface area contributed by atoms with Crippen LogP contribution in [-0.2, 0) is 14.4 Å². The molecule has 1 aliphatic heterocycles. The van der Waals surface area contributed by atoms with E-state index in [9.17, 15) is 4.79 Å². The molecule has 1 aliphatic rings. The van der Waals surface area contributed by atoms with E-state index in [0.29, 0.717) is 6.54 Å². The number of esters is 1. The smallest absolute Gasteiger partial charge is 0.376 e. The summed E-state index contributed by atoms with van der Waals surface area (Å²) < 4.78 is 5.05. The van der Waals surface area contributed by atoms with Crippen LogP contribution >= 0.6 is 0 Å². The predicted molar refractivity (Wildman–Crippen MR) is 43.0 cm³/mol. The number of hydroxylamine groups is 1. The van der Waals surface area contributed by atoms with Crippen LogP contribution < -0.4 is 5.48 Å². The maximum Gasteiger partial charge on any atom is 0.376 e. The van der Waals surface area contributed by atoms with E-state index in [2.05, 4.69) is 5.48 Å². The van der Waals surface area contributed by atoms with Gasteiger partial charge in [-0.25, -0.2) is 4.79 Å². The van der Waals surface area contributed by atoms with Crippen LogP contribution in [0.3, 0.4) is 0 Å². The first-order valence-electron chi connectivity index (χ1n) is 3.82. The third kappa shape index (κ3) is 2.54. The van der Waals surface area contributed by atoms with Gasteiger partial charge in [0.2, 0.25) is 5.76 Å². The molecule has 0 fully saturated rings. The first-order valence-corrected chi connectivity index (χ1v) is 3.82. The second-order valence-corrected chi connectivity index (χ2v) is 3.52. The first kappa shape index (κ1) is 9.06. The van der Waals surface area contributed by atoms with Gasteiger partial charge < -0.3 is 9.57 Å². The fourth-order valence-electron chi connectivity index (χ4n) is 0.749. The predicted octanol–water partition coefficient (Wildman–Crippen LogP) is 0.747. The van der Waals surface area contributed by atoms with E-state index in [1.807, 2.05) is 20.8 Å². The number of carbonyl (C=O) groups excluding carboxylic acids is 1. The highest BCUT2D eigenvalue weighted by molar-refractivity contribution is 5.86. The number of hydrogen-bond acceptors (Lipinski definition) is 4. The summed E-state index contributed by atoms with van der Waals surface area (Å²) in [5.41, 5.74) is 2.08. The lowest BCUT2D eigenvalue weighted by Gasteiger charge is -2.19. The Labute approximate surface area is 71.5 Å². The molecule has 0 unspecified atom stereocenters. The number of rotatable bonds is 1. The van der Waals surface area contributed by atoms with Gasteiger partial charge >= 0.3 is 5.97 Å². The van der Waals surface area contributed by atoms with Gasteiger partial charge in [-0.1, -0.05) is 0 Å². The Bertz CT molecular complexity index is 215. The van der Waals surface area contributed by atoms with Gasteiger partial charge in [0.15, 0.2) is 0 Å². The molecule has 1 N–H and O–H groups in total. The van der Waals surface area contributed by atoms with Gasteiger partial charge in [0.05, 0.1) is 6.54 Å². The summed E-state index contributed by atoms with van der Waals surface area (Å²) in [4.78, 5) is 16.0. The number of ether oxygens (including phenoxy) is 1. The summed E-state index contributed by atoms with van der Waals surface area (Å²) in [6.07, 6.45) is 1.65. The van der Waals surface area contributed by atoms with Crippen LogP contribution in [0.15, 0.2) is 11.8 Å². The van der Waals surface area contributed by atoms with Crippen LogP contribution in [0.4, 0.5) is 0 Å². The van der Waals surface area contributed by atoms with Crippen LogP contribution in [0, 0.1) is 0 Å². The molecule has 0 aromatic rings. The summed E-state index contributed by atoms with van der Waals surface area (Å²) in [6, 6.07) is 0. The lowest BCUT2D eigenvalue weighted by molar-refractivity contribution is -0.154. The van der Waals surface area contributed by atoms with E-state index in [4.69, 9.17) is 9.57 Å². The molecule has 1 rings (SSSR count). The second kappa shape index (κ2) is 3.15. The van der Waals surface area contributed by atoms with Crippen LogP contribution in [0.2, 0.25) is 0 Å². The summed E-state index contributed by atoms with van der Waals surface area (Å²) >= 11 is 0. The Morgan fingerprint density at radius 2 is 2.33 bits per heavy atom. The Morgan fingerprint density at radius 1 is 1.67 bits per heavy atom. The first-order chi connectivity index (χ1) is 5.49. The SMILES string of the molecule is CC(C)(C)OC(=O)C1=CCNO1.